The Balaban J connectivity index is 2.98. The van der Waals surface area contributed by atoms with E-state index in [2.05, 4.69) is 34.7 Å². The van der Waals surface area contributed by atoms with Crippen LogP contribution in [0.3, 0.4) is 0 Å². The topological polar surface area (TPSA) is 46.4 Å². The molecule has 100 valence electrons. The summed E-state index contributed by atoms with van der Waals surface area (Å²) in [5, 5.41) is 11.4. The second-order valence-electron chi connectivity index (χ2n) is 4.60. The van der Waals surface area contributed by atoms with Gasteiger partial charge >= 0.3 is 0 Å². The highest BCUT2D eigenvalue weighted by Gasteiger charge is 2.14. The Morgan fingerprint density at radius 2 is 2.17 bits per heavy atom. The molecule has 0 spiro atoms. The molecule has 0 amide bonds. The third-order valence-corrected chi connectivity index (χ3v) is 3.72. The van der Waals surface area contributed by atoms with Crippen LogP contribution in [0.15, 0.2) is 18.2 Å². The smallest absolute Gasteiger partial charge is 0.269 e. The zero-order valence-electron chi connectivity index (χ0n) is 11.0. The van der Waals surface area contributed by atoms with E-state index in [1.54, 1.807) is 12.1 Å². The lowest BCUT2D eigenvalue weighted by Gasteiger charge is -2.24. The van der Waals surface area contributed by atoms with Gasteiger partial charge in [-0.25, -0.2) is 0 Å². The average Bonchev–Trinajstić information content (AvgIpc) is 2.37. The largest absolute Gasteiger partial charge is 0.374 e. The summed E-state index contributed by atoms with van der Waals surface area (Å²) in [6.45, 7) is 5.32. The number of alkyl halides is 1. The Hall–Kier alpha value is -1.10. The number of benzene rings is 1. The van der Waals surface area contributed by atoms with Crippen molar-refractivity contribution in [3.63, 3.8) is 0 Å². The van der Waals surface area contributed by atoms with Gasteiger partial charge in [0, 0.05) is 36.7 Å². The maximum atomic E-state index is 10.8. The number of nitro benzene ring substituents is 1. The molecule has 0 aromatic heterocycles. The molecule has 0 aliphatic carbocycles. The second-order valence-corrected chi connectivity index (χ2v) is 5.16. The second kappa shape index (κ2) is 6.73. The van der Waals surface area contributed by atoms with Crippen LogP contribution in [-0.4, -0.2) is 18.5 Å². The minimum atomic E-state index is -0.357. The van der Waals surface area contributed by atoms with Crippen LogP contribution in [0.1, 0.15) is 25.8 Å². The van der Waals surface area contributed by atoms with Gasteiger partial charge in [-0.2, -0.15) is 0 Å². The molecule has 0 N–H and O–H groups in total. The Kier molecular flexibility index (Phi) is 5.59. The van der Waals surface area contributed by atoms with Gasteiger partial charge in [0.2, 0.25) is 0 Å². The van der Waals surface area contributed by atoms with Crippen molar-refractivity contribution >= 4 is 27.3 Å². The van der Waals surface area contributed by atoms with Crippen LogP contribution >= 0.6 is 15.9 Å². The lowest BCUT2D eigenvalue weighted by molar-refractivity contribution is -0.384. The Bertz CT molecular complexity index is 423. The normalized spacial score (nSPS) is 12.2. The van der Waals surface area contributed by atoms with Crippen LogP contribution in [-0.2, 0) is 5.33 Å². The summed E-state index contributed by atoms with van der Waals surface area (Å²) in [7, 11) is 2.03. The fourth-order valence-electron chi connectivity index (χ4n) is 1.86. The highest BCUT2D eigenvalue weighted by Crippen LogP contribution is 2.27. The van der Waals surface area contributed by atoms with Crippen molar-refractivity contribution < 1.29 is 4.92 Å². The summed E-state index contributed by atoms with van der Waals surface area (Å²) in [5.41, 5.74) is 2.15. The number of nitro groups is 1. The maximum Gasteiger partial charge on any atom is 0.269 e. The van der Waals surface area contributed by atoms with Crippen molar-refractivity contribution in [1.29, 1.82) is 0 Å². The molecule has 0 radical (unpaired) electrons. The molecule has 0 aliphatic heterocycles. The number of non-ortho nitro benzene ring substituents is 1. The van der Waals surface area contributed by atoms with Gasteiger partial charge < -0.3 is 4.90 Å². The van der Waals surface area contributed by atoms with Crippen molar-refractivity contribution in [2.45, 2.75) is 25.6 Å². The molecule has 5 heteroatoms. The van der Waals surface area contributed by atoms with E-state index in [4.69, 9.17) is 0 Å². The predicted octanol–water partition coefficient (Wildman–Crippen LogP) is 3.97. The van der Waals surface area contributed by atoms with Gasteiger partial charge in [0.05, 0.1) is 4.92 Å². The molecule has 18 heavy (non-hydrogen) atoms. The Labute approximate surface area is 116 Å². The molecule has 1 unspecified atom stereocenters. The fourth-order valence-corrected chi connectivity index (χ4v) is 2.31. The van der Waals surface area contributed by atoms with E-state index >= 15 is 0 Å². The maximum absolute atomic E-state index is 10.8. The van der Waals surface area contributed by atoms with Crippen molar-refractivity contribution in [2.75, 3.05) is 18.5 Å². The summed E-state index contributed by atoms with van der Waals surface area (Å²) in [4.78, 5) is 12.6. The van der Waals surface area contributed by atoms with E-state index in [0.717, 1.165) is 24.2 Å². The number of halogens is 1. The predicted molar refractivity (Wildman–Crippen MR) is 78.5 cm³/mol. The zero-order chi connectivity index (χ0) is 13.7. The molecule has 4 nitrogen and oxygen atoms in total. The van der Waals surface area contributed by atoms with Crippen molar-refractivity contribution in [1.82, 2.24) is 0 Å². The summed E-state index contributed by atoms with van der Waals surface area (Å²) in [6, 6.07) is 5.03. The first-order valence-corrected chi connectivity index (χ1v) is 7.16. The molecule has 1 aromatic rings. The lowest BCUT2D eigenvalue weighted by Crippen LogP contribution is -2.24. The van der Waals surface area contributed by atoms with Crippen LogP contribution in [0.4, 0.5) is 11.4 Å². The van der Waals surface area contributed by atoms with E-state index in [1.165, 1.54) is 0 Å². The summed E-state index contributed by atoms with van der Waals surface area (Å²) < 4.78 is 0. The number of rotatable bonds is 6. The fraction of sp³-hybridized carbons (Fsp3) is 0.538. The molecular formula is C13H19BrN2O2. The SMILES string of the molecule is CCC(C)CN(C)c1ccc([N+](=O)[O-])cc1CBr. The highest BCUT2D eigenvalue weighted by molar-refractivity contribution is 9.08. The van der Waals surface area contributed by atoms with Gasteiger partial charge in [-0.1, -0.05) is 36.2 Å². The third-order valence-electron chi connectivity index (χ3n) is 3.11. The van der Waals surface area contributed by atoms with Gasteiger partial charge in [0.15, 0.2) is 0 Å². The van der Waals surface area contributed by atoms with Gasteiger partial charge in [0.1, 0.15) is 0 Å². The van der Waals surface area contributed by atoms with E-state index in [0.29, 0.717) is 11.2 Å². The summed E-state index contributed by atoms with van der Waals surface area (Å²) in [5.74, 6) is 0.605. The number of hydrogen-bond acceptors (Lipinski definition) is 3. The third kappa shape index (κ3) is 3.70. The van der Waals surface area contributed by atoms with E-state index in [-0.39, 0.29) is 10.6 Å². The summed E-state index contributed by atoms with van der Waals surface area (Å²) in [6.07, 6.45) is 1.13. The van der Waals surface area contributed by atoms with E-state index in [1.807, 2.05) is 13.1 Å². The summed E-state index contributed by atoms with van der Waals surface area (Å²) >= 11 is 3.39. The van der Waals surface area contributed by atoms with Crippen molar-refractivity contribution in [2.24, 2.45) is 5.92 Å². The minimum absolute atomic E-state index is 0.144. The van der Waals surface area contributed by atoms with Crippen LogP contribution in [0.25, 0.3) is 0 Å². The zero-order valence-corrected chi connectivity index (χ0v) is 12.6. The Morgan fingerprint density at radius 3 is 2.67 bits per heavy atom. The molecule has 0 aliphatic rings. The Morgan fingerprint density at radius 1 is 1.50 bits per heavy atom. The molecule has 0 fully saturated rings. The number of nitrogens with zero attached hydrogens (tertiary/aromatic N) is 2. The standard InChI is InChI=1S/C13H19BrN2O2/c1-4-10(2)9-15(3)13-6-5-12(16(17)18)7-11(13)8-14/h5-7,10H,4,8-9H2,1-3H3. The first-order chi connectivity index (χ1) is 8.49. The van der Waals surface area contributed by atoms with E-state index < -0.39 is 0 Å². The molecule has 0 heterocycles. The minimum Gasteiger partial charge on any atom is -0.374 e. The van der Waals surface area contributed by atoms with Crippen LogP contribution in [0, 0.1) is 16.0 Å². The molecule has 1 aromatic carbocycles. The monoisotopic (exact) mass is 314 g/mol. The van der Waals surface area contributed by atoms with Crippen LogP contribution in [0.5, 0.6) is 0 Å². The number of anilines is 1. The van der Waals surface area contributed by atoms with Gasteiger partial charge in [-0.15, -0.1) is 0 Å². The highest BCUT2D eigenvalue weighted by atomic mass is 79.9. The molecule has 1 atom stereocenters. The molecule has 0 saturated heterocycles. The van der Waals surface area contributed by atoms with Gasteiger partial charge in [-0.05, 0) is 17.5 Å². The van der Waals surface area contributed by atoms with Crippen LogP contribution in [0.2, 0.25) is 0 Å². The van der Waals surface area contributed by atoms with Crippen molar-refractivity contribution in [3.8, 4) is 0 Å². The molecule has 1 rings (SSSR count). The van der Waals surface area contributed by atoms with Crippen molar-refractivity contribution in [3.05, 3.63) is 33.9 Å². The van der Waals surface area contributed by atoms with Gasteiger partial charge in [0.25, 0.3) is 5.69 Å². The first kappa shape index (κ1) is 15.0. The number of hydrogen-bond donors (Lipinski definition) is 0. The van der Waals surface area contributed by atoms with Crippen LogP contribution < -0.4 is 4.90 Å². The van der Waals surface area contributed by atoms with E-state index in [9.17, 15) is 10.1 Å². The quantitative estimate of drug-likeness (QED) is 0.453. The molecule has 0 saturated carbocycles. The first-order valence-electron chi connectivity index (χ1n) is 6.04. The van der Waals surface area contributed by atoms with Gasteiger partial charge in [-0.3, -0.25) is 10.1 Å². The average molecular weight is 315 g/mol. The molecule has 0 bridgehead atoms. The molecular weight excluding hydrogens is 296 g/mol. The lowest BCUT2D eigenvalue weighted by atomic mass is 10.1.